The first kappa shape index (κ1) is 104. The zero-order chi connectivity index (χ0) is 93.7. The number of hydroxylamine groups is 3. The molecule has 15 aromatic rings. The predicted octanol–water partition coefficient (Wildman–Crippen LogP) is 19.5. The van der Waals surface area contributed by atoms with Gasteiger partial charge in [-0.2, -0.15) is 10.1 Å². The highest BCUT2D eigenvalue weighted by Gasteiger charge is 2.40. The van der Waals surface area contributed by atoms with Crippen LogP contribution in [0.3, 0.4) is 0 Å². The fourth-order valence-electron chi connectivity index (χ4n) is 13.3. The lowest BCUT2D eigenvalue weighted by Crippen LogP contribution is -2.56. The van der Waals surface area contributed by atoms with Crippen LogP contribution in [-0.2, 0) is 47.3 Å². The van der Waals surface area contributed by atoms with Crippen LogP contribution in [0.15, 0.2) is 307 Å². The van der Waals surface area contributed by atoms with Gasteiger partial charge in [0.05, 0.1) is 42.1 Å². The number of nitrogens with zero attached hydrogens (tertiary/aromatic N) is 11. The smallest absolute Gasteiger partial charge is 0.328 e. The number of hydrogen-bond acceptors (Lipinski definition) is 26. The van der Waals surface area contributed by atoms with Crippen molar-refractivity contribution in [2.45, 2.75) is 154 Å². The molecule has 0 spiro atoms. The Morgan fingerprint density at radius 2 is 1.02 bits per heavy atom. The van der Waals surface area contributed by atoms with Crippen LogP contribution in [-0.4, -0.2) is 129 Å². The second-order valence-electron chi connectivity index (χ2n) is 30.3. The molecule has 3 amide bonds. The number of nitrogens with one attached hydrogen (secondary N) is 2. The number of benzene rings is 11. The molecule has 1 fully saturated rings. The maximum absolute atomic E-state index is 11.3. The van der Waals surface area contributed by atoms with Crippen molar-refractivity contribution in [1.29, 1.82) is 0 Å². The van der Waals surface area contributed by atoms with Gasteiger partial charge in [-0.05, 0) is 240 Å². The molecule has 7 heterocycles. The van der Waals surface area contributed by atoms with Crippen LogP contribution in [0.2, 0.25) is 0 Å². The zero-order valence-electron chi connectivity index (χ0n) is 73.6. The molecule has 0 saturated carbocycles. The Labute approximate surface area is 770 Å². The minimum Gasteiger partial charge on any atom is -0.744 e. The topological polar surface area (TPSA) is 455 Å². The molecule has 3 aliphatic heterocycles. The van der Waals surface area contributed by atoms with E-state index < -0.39 is 38.8 Å². The van der Waals surface area contributed by atoms with E-state index in [0.717, 1.165) is 80.1 Å². The molecule has 34 heteroatoms. The van der Waals surface area contributed by atoms with E-state index in [1.165, 1.54) is 86.5 Å². The molecule has 0 aliphatic carbocycles. The van der Waals surface area contributed by atoms with E-state index in [1.807, 2.05) is 114 Å². The standard InChI is InChI=1S/C19H20N4O3S3.C13H10S.C12H10O.C9H7NO2.C9H19NO.C8H9NO2.2C8H10O.C6H5N3O.C4H3N3O4.CH4.H3N/c1-4-22-14-8-6-12(3)10-16(14)27-18(22)20-21-19-23(5-2)15-9-7-13(29(24,25)26)11-17(15)28-19;1-3-7-12-10(5-1)9-11-6-2-4-8-13(11)14-12;13-12-9-5-4-8-11(12)10-6-2-1-3-7-10;1-10-8(11)6-4-2-3-5-7(6)9(10)12;1-8(2)6-5-7-9(3,4)10(8)11;1-7(10)9(11)8-5-3-2-4-6-8;2*1-2-7-3-5-8(9)6-4-7;10-9-6-4-2-1-3-5(6)7-8-9;8-2-1(7-11)3(9)6-4(10)5-2;;/h6-11H,4-5H2,1-3H3,(H,24,25,26);1-8H,9H2;1-9,13H;2-5H,1H3;11H,5-7H2,1-4H3;2-6,11H,1H3;2*3-6,9H,2H2,1H3;1-4,10H;(H3,5,6,8,9,10);1H4;1H3/p-1/b20-18-,21-19+;;;;;;;;;;;. The molecule has 18 rings (SSSR count). The van der Waals surface area contributed by atoms with Crippen LogP contribution >= 0.6 is 34.4 Å². The molecular formula is C97H109N14O16S4-. The molecule has 0 unspecified atom stereocenters. The average Bonchev–Trinajstić information content (AvgIpc) is 1.71. The van der Waals surface area contributed by atoms with Gasteiger partial charge in [-0.25, -0.2) is 13.2 Å². The highest BCUT2D eigenvalue weighted by atomic mass is 32.2. The molecule has 1 saturated heterocycles. The Morgan fingerprint density at radius 3 is 1.47 bits per heavy atom. The predicted molar refractivity (Wildman–Crippen MR) is 514 cm³/mol. The maximum atomic E-state index is 11.3. The van der Waals surface area contributed by atoms with Crippen molar-refractivity contribution in [3.8, 4) is 34.3 Å². The third-order valence-electron chi connectivity index (χ3n) is 20.2. The number of fused-ring (bicyclic) bond motifs is 6. The second kappa shape index (κ2) is 49.1. The summed E-state index contributed by atoms with van der Waals surface area (Å²) in [5.41, 5.74) is 10.6. The molecule has 688 valence electrons. The van der Waals surface area contributed by atoms with E-state index in [4.69, 9.17) is 25.7 Å². The van der Waals surface area contributed by atoms with Gasteiger partial charge in [0.1, 0.15) is 38.4 Å². The fraction of sp³-hybridized carbons (Fsp3) is 0.227. The van der Waals surface area contributed by atoms with Crippen LogP contribution < -0.4 is 32.1 Å². The van der Waals surface area contributed by atoms with Crippen molar-refractivity contribution in [2.24, 2.45) is 15.4 Å². The molecule has 11 aromatic carbocycles. The maximum Gasteiger partial charge on any atom is 0.328 e. The minimum absolute atomic E-state index is 0. The van der Waals surface area contributed by atoms with E-state index in [9.17, 15) is 52.2 Å². The fourth-order valence-corrected chi connectivity index (χ4v) is 17.2. The highest BCUT2D eigenvalue weighted by molar-refractivity contribution is 7.99. The number of nitroso groups, excluding NO2 is 1. The van der Waals surface area contributed by atoms with Gasteiger partial charge in [-0.15, -0.1) is 20.2 Å². The van der Waals surface area contributed by atoms with Crippen LogP contribution in [0.5, 0.6) is 23.1 Å². The molecular weight excluding hydrogens is 1750 g/mol. The summed E-state index contributed by atoms with van der Waals surface area (Å²) >= 11 is 4.78. The van der Waals surface area contributed by atoms with E-state index in [-0.39, 0.29) is 41.4 Å². The summed E-state index contributed by atoms with van der Waals surface area (Å²) in [5.74, 6) is -0.635. The number of carbonyl (C=O) groups excluding carboxylic acids is 3. The monoisotopic (exact) mass is 1850 g/mol. The van der Waals surface area contributed by atoms with E-state index >= 15 is 0 Å². The number of thiazole rings is 2. The normalized spacial score (nSPS) is 13.0. The zero-order valence-corrected chi connectivity index (χ0v) is 76.9. The van der Waals surface area contributed by atoms with Crippen molar-refractivity contribution in [3.05, 3.63) is 341 Å². The molecule has 3 aliphatic rings. The summed E-state index contributed by atoms with van der Waals surface area (Å²) in [6.07, 6.45) is 6.54. The quantitative estimate of drug-likeness (QED) is 0.0160. The Kier molecular flexibility index (Phi) is 39.1. The van der Waals surface area contributed by atoms with Gasteiger partial charge >= 0.3 is 5.69 Å². The van der Waals surface area contributed by atoms with Gasteiger partial charge in [0.15, 0.2) is 0 Å². The first-order chi connectivity index (χ1) is 61.6. The van der Waals surface area contributed by atoms with Gasteiger partial charge < -0.3 is 50.7 Å². The number of piperidine rings is 1. The lowest BCUT2D eigenvalue weighted by molar-refractivity contribution is -0.241. The number of phenols is 3. The Hall–Kier alpha value is -13.8. The highest BCUT2D eigenvalue weighted by Crippen LogP contribution is 2.40. The van der Waals surface area contributed by atoms with Crippen molar-refractivity contribution in [1.82, 2.24) is 50.4 Å². The SMILES string of the molecule is C.CC(=O)N(O)c1ccccc1.CC1(C)CCCC(C)(C)N1O.CCc1ccc(O)cc1.CCc1ccc(O)cc1.CCn1/c(=N/N=c2/sc3cc(S(=O)(=O)[O-])ccc3n2CC)sc2cc(C)ccc21.CN1C(=O)c2ccccc2C1=O.N.O=Nc1c(O)[nH]c(=O)[nH]c1=O.Oc1ccccc1-c1ccccc1.On1nnc2ccccc21.c1ccc2c(c1)Cc1ccccc1S2. The molecule has 0 atom stereocenters. The number of hydrogen-bond donors (Lipinski definition) is 10. The summed E-state index contributed by atoms with van der Waals surface area (Å²) in [5, 5.41) is 84.2. The first-order valence-electron chi connectivity index (χ1n) is 40.9. The number of aromatic nitrogens is 7. The van der Waals surface area contributed by atoms with Crippen LogP contribution in [0.4, 0.5) is 11.4 Å². The lowest BCUT2D eigenvalue weighted by Gasteiger charge is -2.48. The van der Waals surface area contributed by atoms with Gasteiger partial charge in [0.2, 0.25) is 27.1 Å². The van der Waals surface area contributed by atoms with Gasteiger partial charge in [0.25, 0.3) is 17.4 Å². The van der Waals surface area contributed by atoms with Crippen LogP contribution in [0, 0.1) is 11.8 Å². The molecule has 12 N–H and O–H groups in total. The number of rotatable bonds is 9. The number of carbonyl (C=O) groups is 3. The summed E-state index contributed by atoms with van der Waals surface area (Å²) in [6, 6.07) is 82.4. The Balaban J connectivity index is 0.000000204. The van der Waals surface area contributed by atoms with Crippen molar-refractivity contribution in [3.63, 3.8) is 0 Å². The van der Waals surface area contributed by atoms with E-state index in [0.29, 0.717) is 66.2 Å². The Morgan fingerprint density at radius 1 is 0.565 bits per heavy atom. The molecule has 4 aromatic heterocycles. The van der Waals surface area contributed by atoms with E-state index in [2.05, 4.69) is 152 Å². The number of anilines is 1. The summed E-state index contributed by atoms with van der Waals surface area (Å²) in [4.78, 5) is 73.4. The summed E-state index contributed by atoms with van der Waals surface area (Å²) in [6.45, 7) is 21.4. The molecule has 0 radical (unpaired) electrons. The number of aromatic amines is 2. The molecule has 131 heavy (non-hydrogen) atoms. The minimum atomic E-state index is -4.50. The van der Waals surface area contributed by atoms with Crippen LogP contribution in [0.1, 0.15) is 138 Å². The largest absolute Gasteiger partial charge is 0.744 e. The number of phenolic OH excluding ortho intramolecular Hbond substituents is 3. The number of imide groups is 1. The lowest BCUT2D eigenvalue weighted by atomic mass is 9.82. The number of para-hydroxylation sites is 3. The third-order valence-corrected chi connectivity index (χ3v) is 24.3. The summed E-state index contributed by atoms with van der Waals surface area (Å²) in [7, 11) is -3.00. The number of aromatic hydroxyl groups is 4. The van der Waals surface area contributed by atoms with Crippen molar-refractivity contribution < 1.29 is 63.4 Å². The van der Waals surface area contributed by atoms with Gasteiger partial charge in [-0.3, -0.25) is 39.3 Å². The van der Waals surface area contributed by atoms with Crippen molar-refractivity contribution >= 4 is 105 Å². The summed E-state index contributed by atoms with van der Waals surface area (Å²) < 4.78 is 39.9. The number of amides is 3. The Bertz CT molecular complexity index is 6530. The molecule has 30 nitrogen and oxygen atoms in total. The number of aryl methyl sites for hydroxylation is 5. The molecule has 0 bridgehead atoms. The average molecular weight is 1860 g/mol. The van der Waals surface area contributed by atoms with E-state index in [1.54, 1.807) is 118 Å². The van der Waals surface area contributed by atoms with Crippen molar-refractivity contribution in [2.75, 3.05) is 12.1 Å². The first-order valence-corrected chi connectivity index (χ1v) is 44.8. The van der Waals surface area contributed by atoms with Crippen LogP contribution in [0.25, 0.3) is 42.6 Å². The van der Waals surface area contributed by atoms with Gasteiger partial charge in [0, 0.05) is 53.5 Å². The number of H-pyrrole nitrogens is 2. The third kappa shape index (κ3) is 28.8. The van der Waals surface area contributed by atoms with Gasteiger partial charge in [-0.1, -0.05) is 218 Å². The second-order valence-corrected chi connectivity index (χ2v) is 34.7.